The summed E-state index contributed by atoms with van der Waals surface area (Å²) < 4.78 is 16.0. The summed E-state index contributed by atoms with van der Waals surface area (Å²) in [4.78, 5) is 25.7. The highest BCUT2D eigenvalue weighted by Gasteiger charge is 2.24. The van der Waals surface area contributed by atoms with Gasteiger partial charge in [-0.05, 0) is 54.8 Å². The molecule has 0 aliphatic rings. The van der Waals surface area contributed by atoms with E-state index in [-0.39, 0.29) is 17.7 Å². The van der Waals surface area contributed by atoms with Crippen molar-refractivity contribution < 1.29 is 23.8 Å². The Morgan fingerprint density at radius 1 is 1.06 bits per heavy atom. The molecule has 7 nitrogen and oxygen atoms in total. The Bertz CT molecular complexity index is 1240. The smallest absolute Gasteiger partial charge is 0.341 e. The Balaban J connectivity index is 1.87. The van der Waals surface area contributed by atoms with Crippen molar-refractivity contribution in [3.63, 3.8) is 0 Å². The monoisotopic (exact) mass is 490 g/mol. The fourth-order valence-electron chi connectivity index (χ4n) is 3.20. The first-order valence-electron chi connectivity index (χ1n) is 11.1. The Kier molecular flexibility index (Phi) is 9.04. The van der Waals surface area contributed by atoms with Crippen LogP contribution in [0.1, 0.15) is 36.2 Å². The third kappa shape index (κ3) is 6.49. The lowest BCUT2D eigenvalue weighted by molar-refractivity contribution is -0.112. The average molecular weight is 491 g/mol. The molecule has 1 heterocycles. The summed E-state index contributed by atoms with van der Waals surface area (Å²) in [6.45, 7) is 4.54. The summed E-state index contributed by atoms with van der Waals surface area (Å²) in [7, 11) is 1.58. The summed E-state index contributed by atoms with van der Waals surface area (Å²) in [5.41, 5.74) is 2.21. The van der Waals surface area contributed by atoms with E-state index in [0.29, 0.717) is 28.5 Å². The molecule has 0 saturated heterocycles. The van der Waals surface area contributed by atoms with Crippen molar-refractivity contribution in [2.24, 2.45) is 0 Å². The Hall–Kier alpha value is -4.09. The molecule has 0 saturated carbocycles. The Labute approximate surface area is 208 Å². The van der Waals surface area contributed by atoms with Gasteiger partial charge in [0.05, 0.1) is 20.3 Å². The van der Waals surface area contributed by atoms with Crippen LogP contribution < -0.4 is 14.8 Å². The zero-order chi connectivity index (χ0) is 25.2. The molecule has 0 spiro atoms. The largest absolute Gasteiger partial charge is 0.497 e. The predicted molar refractivity (Wildman–Crippen MR) is 137 cm³/mol. The first-order chi connectivity index (χ1) is 17.0. The van der Waals surface area contributed by atoms with E-state index >= 15 is 0 Å². The molecule has 1 N–H and O–H groups in total. The Morgan fingerprint density at radius 2 is 1.74 bits per heavy atom. The molecule has 8 heteroatoms. The van der Waals surface area contributed by atoms with E-state index in [4.69, 9.17) is 14.2 Å². The van der Waals surface area contributed by atoms with Gasteiger partial charge in [-0.3, -0.25) is 4.79 Å². The van der Waals surface area contributed by atoms with Gasteiger partial charge < -0.3 is 19.5 Å². The Morgan fingerprint density at radius 3 is 2.34 bits per heavy atom. The van der Waals surface area contributed by atoms with Crippen molar-refractivity contribution in [3.05, 3.63) is 70.6 Å². The number of carbonyl (C=O) groups excluding carboxylic acids is 2. The molecule has 0 atom stereocenters. The minimum atomic E-state index is -0.618. The standard InChI is InChI=1S/C27H26N2O5S/c1-4-14-34-22-10-6-18(7-11-22)15-20(16-28)25(30)29-26-24(27(31)33-5-2)23(17-35-26)19-8-12-21(32-3)13-9-19/h6-13,15,17H,4-5,14H2,1-3H3,(H,29,30). The third-order valence-electron chi connectivity index (χ3n) is 4.93. The maximum Gasteiger partial charge on any atom is 0.341 e. The van der Waals surface area contributed by atoms with Gasteiger partial charge in [-0.2, -0.15) is 5.26 Å². The number of amides is 1. The third-order valence-corrected chi connectivity index (χ3v) is 5.82. The molecule has 0 aliphatic heterocycles. The zero-order valence-corrected chi connectivity index (χ0v) is 20.6. The van der Waals surface area contributed by atoms with E-state index in [1.807, 2.05) is 25.1 Å². The van der Waals surface area contributed by atoms with Gasteiger partial charge in [0.15, 0.2) is 0 Å². The summed E-state index contributed by atoms with van der Waals surface area (Å²) in [6.07, 6.45) is 2.39. The van der Waals surface area contributed by atoms with Gasteiger partial charge in [-0.15, -0.1) is 11.3 Å². The van der Waals surface area contributed by atoms with Gasteiger partial charge in [0.1, 0.15) is 33.7 Å². The number of rotatable bonds is 10. The second kappa shape index (κ2) is 12.4. The van der Waals surface area contributed by atoms with Gasteiger partial charge in [0.25, 0.3) is 5.91 Å². The molecule has 0 unspecified atom stereocenters. The van der Waals surface area contributed by atoms with Crippen molar-refractivity contribution in [3.8, 4) is 28.7 Å². The quantitative estimate of drug-likeness (QED) is 0.215. The molecule has 1 aromatic heterocycles. The lowest BCUT2D eigenvalue weighted by atomic mass is 10.0. The molecule has 180 valence electrons. The van der Waals surface area contributed by atoms with Crippen molar-refractivity contribution in [2.45, 2.75) is 20.3 Å². The van der Waals surface area contributed by atoms with Crippen molar-refractivity contribution >= 4 is 34.3 Å². The van der Waals surface area contributed by atoms with E-state index in [9.17, 15) is 14.9 Å². The minimum absolute atomic E-state index is 0.0959. The molecular formula is C27H26N2O5S. The van der Waals surface area contributed by atoms with E-state index < -0.39 is 11.9 Å². The molecular weight excluding hydrogens is 464 g/mol. The van der Waals surface area contributed by atoms with Crippen LogP contribution in [0.25, 0.3) is 17.2 Å². The van der Waals surface area contributed by atoms with Crippen LogP contribution in [0.2, 0.25) is 0 Å². The lowest BCUT2D eigenvalue weighted by Gasteiger charge is -2.09. The molecule has 0 radical (unpaired) electrons. The fraction of sp³-hybridized carbons (Fsp3) is 0.222. The number of benzene rings is 2. The molecule has 0 bridgehead atoms. The summed E-state index contributed by atoms with van der Waals surface area (Å²) in [5, 5.41) is 14.4. The number of esters is 1. The van der Waals surface area contributed by atoms with E-state index in [1.54, 1.807) is 55.8 Å². The van der Waals surface area contributed by atoms with E-state index in [1.165, 1.54) is 17.4 Å². The SMILES string of the molecule is CCCOc1ccc(C=C(C#N)C(=O)Nc2scc(-c3ccc(OC)cc3)c2C(=O)OCC)cc1. The van der Waals surface area contributed by atoms with Gasteiger partial charge in [-0.1, -0.05) is 31.2 Å². The van der Waals surface area contributed by atoms with Crippen LogP contribution >= 0.6 is 11.3 Å². The average Bonchev–Trinajstić information content (AvgIpc) is 3.30. The lowest BCUT2D eigenvalue weighted by Crippen LogP contribution is -2.16. The number of ether oxygens (including phenoxy) is 3. The second-order valence-corrected chi connectivity index (χ2v) is 8.22. The number of nitrogens with zero attached hydrogens (tertiary/aromatic N) is 1. The molecule has 2 aromatic carbocycles. The highest BCUT2D eigenvalue weighted by molar-refractivity contribution is 7.15. The van der Waals surface area contributed by atoms with Crippen LogP contribution in [0.4, 0.5) is 5.00 Å². The normalized spacial score (nSPS) is 10.9. The number of nitrogens with one attached hydrogen (secondary N) is 1. The van der Waals surface area contributed by atoms with E-state index in [2.05, 4.69) is 5.32 Å². The van der Waals surface area contributed by atoms with Gasteiger partial charge in [0, 0.05) is 10.9 Å². The first kappa shape index (κ1) is 25.5. The van der Waals surface area contributed by atoms with Crippen LogP contribution in [0.5, 0.6) is 11.5 Å². The van der Waals surface area contributed by atoms with Crippen molar-refractivity contribution in [2.75, 3.05) is 25.6 Å². The maximum absolute atomic E-state index is 12.9. The molecule has 35 heavy (non-hydrogen) atoms. The summed E-state index contributed by atoms with van der Waals surface area (Å²) in [6, 6.07) is 16.3. The van der Waals surface area contributed by atoms with Crippen LogP contribution in [0, 0.1) is 11.3 Å². The van der Waals surface area contributed by atoms with E-state index in [0.717, 1.165) is 17.7 Å². The van der Waals surface area contributed by atoms with Crippen molar-refractivity contribution in [1.29, 1.82) is 5.26 Å². The number of nitriles is 1. The molecule has 3 rings (SSSR count). The van der Waals surface area contributed by atoms with Gasteiger partial charge in [-0.25, -0.2) is 4.79 Å². The van der Waals surface area contributed by atoms with Gasteiger partial charge in [0.2, 0.25) is 0 Å². The molecule has 1 amide bonds. The number of thiophene rings is 1. The molecule has 0 fully saturated rings. The highest BCUT2D eigenvalue weighted by atomic mass is 32.1. The second-order valence-electron chi connectivity index (χ2n) is 7.34. The molecule has 0 aliphatic carbocycles. The number of hydrogen-bond acceptors (Lipinski definition) is 7. The number of anilines is 1. The maximum atomic E-state index is 12.9. The summed E-state index contributed by atoms with van der Waals surface area (Å²) >= 11 is 1.19. The number of carbonyl (C=O) groups is 2. The van der Waals surface area contributed by atoms with Crippen LogP contribution in [-0.2, 0) is 9.53 Å². The van der Waals surface area contributed by atoms with Crippen molar-refractivity contribution in [1.82, 2.24) is 0 Å². The molecule has 3 aromatic rings. The zero-order valence-electron chi connectivity index (χ0n) is 19.8. The van der Waals surface area contributed by atoms with Crippen LogP contribution in [0.3, 0.4) is 0 Å². The number of hydrogen-bond donors (Lipinski definition) is 1. The summed E-state index contributed by atoms with van der Waals surface area (Å²) in [5.74, 6) is 0.229. The minimum Gasteiger partial charge on any atom is -0.497 e. The topological polar surface area (TPSA) is 97.6 Å². The highest BCUT2D eigenvalue weighted by Crippen LogP contribution is 2.37. The first-order valence-corrected chi connectivity index (χ1v) is 12.0. The van der Waals surface area contributed by atoms with Crippen LogP contribution in [-0.4, -0.2) is 32.2 Å². The fourth-order valence-corrected chi connectivity index (χ4v) is 4.16. The van der Waals surface area contributed by atoms with Gasteiger partial charge >= 0.3 is 5.97 Å². The van der Waals surface area contributed by atoms with Crippen LogP contribution in [0.15, 0.2) is 59.5 Å². The predicted octanol–water partition coefficient (Wildman–Crippen LogP) is 5.93. The number of methoxy groups -OCH3 is 1.